The van der Waals surface area contributed by atoms with Crippen LogP contribution in [0.2, 0.25) is 5.02 Å². The van der Waals surface area contributed by atoms with E-state index < -0.39 is 29.9 Å². The molecule has 33 heavy (non-hydrogen) atoms. The molecule has 1 saturated heterocycles. The van der Waals surface area contributed by atoms with Crippen molar-refractivity contribution in [2.24, 2.45) is 0 Å². The first-order valence-corrected chi connectivity index (χ1v) is 10.4. The summed E-state index contributed by atoms with van der Waals surface area (Å²) in [5.74, 6) is -0.137. The number of halogens is 1. The second-order valence-electron chi connectivity index (χ2n) is 7.85. The Morgan fingerprint density at radius 3 is 2.18 bits per heavy atom. The molecule has 0 spiro atoms. The van der Waals surface area contributed by atoms with E-state index in [0.717, 1.165) is 16.0 Å². The maximum Gasteiger partial charge on any atom is 0.325 e. The molecule has 0 bridgehead atoms. The van der Waals surface area contributed by atoms with Gasteiger partial charge in [-0.25, -0.2) is 4.79 Å². The van der Waals surface area contributed by atoms with Crippen LogP contribution in [0.25, 0.3) is 0 Å². The molecule has 1 aliphatic heterocycles. The van der Waals surface area contributed by atoms with E-state index in [9.17, 15) is 14.4 Å². The number of carbonyl (C=O) groups is 3. The largest absolute Gasteiger partial charge is 0.493 e. The van der Waals surface area contributed by atoms with E-state index in [4.69, 9.17) is 25.8 Å². The quantitative estimate of drug-likeness (QED) is 0.594. The Balaban J connectivity index is 1.87. The fourth-order valence-corrected chi connectivity index (χ4v) is 4.17. The van der Waals surface area contributed by atoms with Gasteiger partial charge in [0.2, 0.25) is 11.7 Å². The zero-order valence-electron chi connectivity index (χ0n) is 19.3. The monoisotopic (exact) mass is 475 g/mol. The second-order valence-corrected chi connectivity index (χ2v) is 8.25. The summed E-state index contributed by atoms with van der Waals surface area (Å²) in [6.45, 7) is 4.77. The Morgan fingerprint density at radius 1 is 1.06 bits per heavy atom. The van der Waals surface area contributed by atoms with Gasteiger partial charge in [0.25, 0.3) is 5.91 Å². The maximum atomic E-state index is 13.3. The van der Waals surface area contributed by atoms with E-state index in [1.807, 2.05) is 19.9 Å². The second kappa shape index (κ2) is 9.19. The van der Waals surface area contributed by atoms with Crippen LogP contribution >= 0.6 is 11.6 Å². The number of aryl methyl sites for hydroxylation is 2. The van der Waals surface area contributed by atoms with Crippen LogP contribution in [0.5, 0.6) is 17.2 Å². The number of hydrogen-bond acceptors (Lipinski definition) is 6. The molecule has 4 amide bonds. The summed E-state index contributed by atoms with van der Waals surface area (Å²) in [6, 6.07) is 6.06. The Kier molecular flexibility index (Phi) is 6.73. The molecule has 0 saturated carbocycles. The maximum absolute atomic E-state index is 13.3. The Hall–Kier alpha value is -3.46. The van der Waals surface area contributed by atoms with Crippen LogP contribution in [0, 0.1) is 13.8 Å². The fourth-order valence-electron chi connectivity index (χ4n) is 3.80. The summed E-state index contributed by atoms with van der Waals surface area (Å²) in [5, 5.41) is 5.73. The number of hydrogen-bond donors (Lipinski definition) is 2. The summed E-state index contributed by atoms with van der Waals surface area (Å²) in [7, 11) is 4.37. The van der Waals surface area contributed by atoms with Gasteiger partial charge in [-0.15, -0.1) is 0 Å². The van der Waals surface area contributed by atoms with Crippen LogP contribution in [-0.2, 0) is 15.1 Å². The number of urea groups is 1. The standard InChI is InChI=1S/C23H26ClN3O6/c1-12-7-13(2)19(15(24)8-12)25-18(28)11-27-21(29)23(3,26-22(27)30)14-9-16(31-4)20(33-6)17(10-14)32-5/h7-10H,11H2,1-6H3,(H,25,28)(H,26,30)/t23-/m0/s1. The molecule has 2 aromatic carbocycles. The summed E-state index contributed by atoms with van der Waals surface area (Å²) in [6.07, 6.45) is 0. The third-order valence-corrected chi connectivity index (χ3v) is 5.81. The van der Waals surface area contributed by atoms with Crippen LogP contribution in [0.1, 0.15) is 23.6 Å². The van der Waals surface area contributed by atoms with Crippen molar-refractivity contribution in [2.45, 2.75) is 26.3 Å². The van der Waals surface area contributed by atoms with E-state index in [0.29, 0.717) is 33.5 Å². The lowest BCUT2D eigenvalue weighted by molar-refractivity contribution is -0.133. The average Bonchev–Trinajstić information content (AvgIpc) is 2.98. The zero-order valence-corrected chi connectivity index (χ0v) is 20.0. The molecule has 0 radical (unpaired) electrons. The van der Waals surface area contributed by atoms with E-state index in [2.05, 4.69) is 10.6 Å². The minimum absolute atomic E-state index is 0.329. The Morgan fingerprint density at radius 2 is 1.67 bits per heavy atom. The zero-order chi connectivity index (χ0) is 24.5. The van der Waals surface area contributed by atoms with E-state index in [-0.39, 0.29) is 0 Å². The van der Waals surface area contributed by atoms with Gasteiger partial charge in [-0.05, 0) is 55.7 Å². The molecule has 2 N–H and O–H groups in total. The number of anilines is 1. The first kappa shape index (κ1) is 24.2. The number of methoxy groups -OCH3 is 3. The first-order chi connectivity index (χ1) is 15.5. The molecule has 0 unspecified atom stereocenters. The smallest absolute Gasteiger partial charge is 0.325 e. The Labute approximate surface area is 196 Å². The minimum atomic E-state index is -1.44. The van der Waals surface area contributed by atoms with Crippen molar-refractivity contribution in [3.8, 4) is 17.2 Å². The van der Waals surface area contributed by atoms with Gasteiger partial charge >= 0.3 is 6.03 Å². The Bertz CT molecular complexity index is 1090. The topological polar surface area (TPSA) is 106 Å². The average molecular weight is 476 g/mol. The molecule has 0 aliphatic carbocycles. The fraction of sp³-hybridized carbons (Fsp3) is 0.348. The number of carbonyl (C=O) groups excluding carboxylic acids is 3. The minimum Gasteiger partial charge on any atom is -0.493 e. The van der Waals surface area contributed by atoms with Gasteiger partial charge in [0.1, 0.15) is 12.1 Å². The highest BCUT2D eigenvalue weighted by Crippen LogP contribution is 2.42. The number of benzene rings is 2. The molecule has 10 heteroatoms. The lowest BCUT2D eigenvalue weighted by Gasteiger charge is -2.24. The number of nitrogens with zero attached hydrogens (tertiary/aromatic N) is 1. The van der Waals surface area contributed by atoms with Gasteiger partial charge in [-0.2, -0.15) is 0 Å². The van der Waals surface area contributed by atoms with E-state index in [1.54, 1.807) is 25.1 Å². The number of ether oxygens (including phenoxy) is 3. The number of imide groups is 1. The molecule has 1 heterocycles. The van der Waals surface area contributed by atoms with Crippen molar-refractivity contribution < 1.29 is 28.6 Å². The van der Waals surface area contributed by atoms with Gasteiger partial charge in [-0.3, -0.25) is 14.5 Å². The molecule has 3 rings (SSSR count). The number of amides is 4. The van der Waals surface area contributed by atoms with Crippen molar-refractivity contribution in [2.75, 3.05) is 33.2 Å². The molecular formula is C23H26ClN3O6. The molecule has 0 aromatic heterocycles. The molecule has 1 aliphatic rings. The van der Waals surface area contributed by atoms with Crippen LogP contribution < -0.4 is 24.8 Å². The molecule has 9 nitrogen and oxygen atoms in total. The van der Waals surface area contributed by atoms with E-state index >= 15 is 0 Å². The van der Waals surface area contributed by atoms with Gasteiger partial charge in [-0.1, -0.05) is 17.7 Å². The van der Waals surface area contributed by atoms with Gasteiger partial charge in [0, 0.05) is 0 Å². The van der Waals surface area contributed by atoms with E-state index in [1.165, 1.54) is 21.3 Å². The molecular weight excluding hydrogens is 450 g/mol. The highest BCUT2D eigenvalue weighted by Gasteiger charge is 2.50. The third kappa shape index (κ3) is 4.41. The van der Waals surface area contributed by atoms with Crippen LogP contribution in [0.3, 0.4) is 0 Å². The lowest BCUT2D eigenvalue weighted by Crippen LogP contribution is -2.42. The molecule has 176 valence electrons. The van der Waals surface area contributed by atoms with Gasteiger partial charge in [0.15, 0.2) is 11.5 Å². The molecule has 2 aromatic rings. The molecule has 1 atom stereocenters. The first-order valence-electron chi connectivity index (χ1n) is 10.1. The normalized spacial score (nSPS) is 17.6. The van der Waals surface area contributed by atoms with Crippen LogP contribution in [0.15, 0.2) is 24.3 Å². The highest BCUT2D eigenvalue weighted by atomic mass is 35.5. The summed E-state index contributed by atoms with van der Waals surface area (Å²) < 4.78 is 16.0. The SMILES string of the molecule is COc1cc([C@]2(C)NC(=O)N(CC(=O)Nc3c(C)cc(C)cc3Cl)C2=O)cc(OC)c1OC. The number of nitrogens with one attached hydrogen (secondary N) is 2. The van der Waals surface area contributed by atoms with Crippen molar-refractivity contribution in [1.29, 1.82) is 0 Å². The third-order valence-electron chi connectivity index (χ3n) is 5.51. The highest BCUT2D eigenvalue weighted by molar-refractivity contribution is 6.34. The van der Waals surface area contributed by atoms with Crippen LogP contribution in [-0.4, -0.2) is 50.6 Å². The lowest BCUT2D eigenvalue weighted by atomic mass is 9.91. The predicted octanol–water partition coefficient (Wildman–Crippen LogP) is 3.39. The van der Waals surface area contributed by atoms with Gasteiger partial charge < -0.3 is 24.8 Å². The van der Waals surface area contributed by atoms with Crippen molar-refractivity contribution in [1.82, 2.24) is 10.2 Å². The van der Waals surface area contributed by atoms with Gasteiger partial charge in [0.05, 0.1) is 32.0 Å². The summed E-state index contributed by atoms with van der Waals surface area (Å²) >= 11 is 6.25. The van der Waals surface area contributed by atoms with Crippen molar-refractivity contribution in [3.63, 3.8) is 0 Å². The predicted molar refractivity (Wildman–Crippen MR) is 123 cm³/mol. The number of rotatable bonds is 7. The van der Waals surface area contributed by atoms with Crippen molar-refractivity contribution in [3.05, 3.63) is 46.0 Å². The summed E-state index contributed by atoms with van der Waals surface area (Å²) in [5.41, 5.74) is 1.13. The summed E-state index contributed by atoms with van der Waals surface area (Å²) in [4.78, 5) is 39.5. The van der Waals surface area contributed by atoms with Crippen molar-refractivity contribution >= 4 is 35.1 Å². The van der Waals surface area contributed by atoms with Crippen LogP contribution in [0.4, 0.5) is 10.5 Å². The molecule has 1 fully saturated rings.